The fourth-order valence-electron chi connectivity index (χ4n) is 1.74. The highest BCUT2D eigenvalue weighted by Gasteiger charge is 2.10. The van der Waals surface area contributed by atoms with Crippen molar-refractivity contribution >= 4 is 17.5 Å². The second-order valence-electron chi connectivity index (χ2n) is 5.13. The van der Waals surface area contributed by atoms with Gasteiger partial charge in [0.2, 0.25) is 11.8 Å². The van der Waals surface area contributed by atoms with Crippen molar-refractivity contribution in [3.05, 3.63) is 29.8 Å². The van der Waals surface area contributed by atoms with E-state index in [9.17, 15) is 9.59 Å². The second-order valence-corrected chi connectivity index (χ2v) is 5.13. The number of hydrogen-bond acceptors (Lipinski definition) is 3. The molecule has 0 aliphatic heterocycles. The summed E-state index contributed by atoms with van der Waals surface area (Å²) in [6, 6.07) is 7.55. The topological polar surface area (TPSA) is 70.2 Å². The number of carbonyl (C=O) groups excluding carboxylic acids is 2. The Balaban J connectivity index is 2.52. The van der Waals surface area contributed by atoms with E-state index >= 15 is 0 Å². The van der Waals surface area contributed by atoms with Crippen molar-refractivity contribution in [2.75, 3.05) is 18.9 Å². The van der Waals surface area contributed by atoms with Crippen LogP contribution in [0.5, 0.6) is 0 Å². The molecule has 0 saturated heterocycles. The molecule has 0 saturated carbocycles. The monoisotopic (exact) mass is 291 g/mol. The lowest BCUT2D eigenvalue weighted by Gasteiger charge is -2.11. The van der Waals surface area contributed by atoms with Gasteiger partial charge in [-0.15, -0.1) is 0 Å². The minimum Gasteiger partial charge on any atom is -0.352 e. The van der Waals surface area contributed by atoms with Gasteiger partial charge in [0.15, 0.2) is 0 Å². The molecule has 1 unspecified atom stereocenters. The van der Waals surface area contributed by atoms with Crippen molar-refractivity contribution in [3.8, 4) is 0 Å². The van der Waals surface area contributed by atoms with Crippen LogP contribution in [0.4, 0.5) is 5.69 Å². The van der Waals surface area contributed by atoms with Gasteiger partial charge in [0.1, 0.15) is 0 Å². The van der Waals surface area contributed by atoms with E-state index in [1.54, 1.807) is 0 Å². The molecule has 3 N–H and O–H groups in total. The second kappa shape index (κ2) is 9.13. The van der Waals surface area contributed by atoms with Gasteiger partial charge in [0.05, 0.1) is 0 Å². The van der Waals surface area contributed by atoms with E-state index in [1.165, 1.54) is 0 Å². The van der Waals surface area contributed by atoms with E-state index in [-0.39, 0.29) is 17.7 Å². The maximum absolute atomic E-state index is 11.9. The van der Waals surface area contributed by atoms with E-state index in [4.69, 9.17) is 0 Å². The Morgan fingerprint density at radius 3 is 2.71 bits per heavy atom. The van der Waals surface area contributed by atoms with E-state index in [0.29, 0.717) is 19.5 Å². The van der Waals surface area contributed by atoms with Crippen LogP contribution in [0, 0.1) is 5.92 Å². The number of rotatable bonds is 8. The average Bonchev–Trinajstić information content (AvgIpc) is 2.50. The minimum atomic E-state index is -0.00472. The molecule has 5 heteroatoms. The number of carbonyl (C=O) groups is 2. The normalized spacial score (nSPS) is 11.8. The first-order valence-electron chi connectivity index (χ1n) is 7.38. The Morgan fingerprint density at radius 2 is 2.05 bits per heavy atom. The lowest BCUT2D eigenvalue weighted by molar-refractivity contribution is -0.121. The van der Waals surface area contributed by atoms with E-state index in [0.717, 1.165) is 17.7 Å². The molecule has 0 aromatic heterocycles. The summed E-state index contributed by atoms with van der Waals surface area (Å²) in [5.74, 6) is 0.0287. The molecule has 1 rings (SSSR count). The number of amides is 2. The van der Waals surface area contributed by atoms with Gasteiger partial charge in [-0.3, -0.25) is 9.59 Å². The van der Waals surface area contributed by atoms with Crippen LogP contribution in [0.2, 0.25) is 0 Å². The zero-order valence-corrected chi connectivity index (χ0v) is 13.0. The first-order valence-corrected chi connectivity index (χ1v) is 7.38. The molecule has 1 atom stereocenters. The first kappa shape index (κ1) is 17.2. The largest absolute Gasteiger partial charge is 0.352 e. The molecule has 0 spiro atoms. The Morgan fingerprint density at radius 1 is 1.29 bits per heavy atom. The summed E-state index contributed by atoms with van der Waals surface area (Å²) >= 11 is 0. The van der Waals surface area contributed by atoms with Crippen LogP contribution in [-0.2, 0) is 16.1 Å². The molecular formula is C16H25N3O2. The highest BCUT2D eigenvalue weighted by molar-refractivity contribution is 5.92. The zero-order chi connectivity index (χ0) is 15.7. The summed E-state index contributed by atoms with van der Waals surface area (Å²) in [5, 5.41) is 8.69. The summed E-state index contributed by atoms with van der Waals surface area (Å²) in [7, 11) is 1.82. The SMILES string of the molecule is CCC(C)C(=O)Nc1cccc(CNC(=O)CCNC)c1. The van der Waals surface area contributed by atoms with Crippen LogP contribution in [-0.4, -0.2) is 25.4 Å². The Bertz CT molecular complexity index is 474. The van der Waals surface area contributed by atoms with E-state index < -0.39 is 0 Å². The summed E-state index contributed by atoms with van der Waals surface area (Å²) < 4.78 is 0. The zero-order valence-electron chi connectivity index (χ0n) is 13.0. The Labute approximate surface area is 126 Å². The molecule has 2 amide bonds. The van der Waals surface area contributed by atoms with Gasteiger partial charge in [-0.25, -0.2) is 0 Å². The van der Waals surface area contributed by atoms with Crippen LogP contribution in [0.15, 0.2) is 24.3 Å². The standard InChI is InChI=1S/C16H25N3O2/c1-4-12(2)16(21)19-14-7-5-6-13(10-14)11-18-15(20)8-9-17-3/h5-7,10,12,17H,4,8-9,11H2,1-3H3,(H,18,20)(H,19,21). The molecule has 1 aromatic rings. The Hall–Kier alpha value is -1.88. The average molecular weight is 291 g/mol. The third-order valence-electron chi connectivity index (χ3n) is 3.35. The Kier molecular flexibility index (Phi) is 7.46. The minimum absolute atomic E-state index is 0.00472. The smallest absolute Gasteiger partial charge is 0.227 e. The molecular weight excluding hydrogens is 266 g/mol. The number of benzene rings is 1. The van der Waals surface area contributed by atoms with Gasteiger partial charge < -0.3 is 16.0 Å². The predicted molar refractivity (Wildman–Crippen MR) is 84.9 cm³/mol. The van der Waals surface area contributed by atoms with Gasteiger partial charge in [-0.1, -0.05) is 26.0 Å². The van der Waals surface area contributed by atoms with Crippen molar-refractivity contribution in [2.45, 2.75) is 33.2 Å². The number of hydrogen-bond donors (Lipinski definition) is 3. The molecule has 0 aliphatic rings. The number of nitrogens with one attached hydrogen (secondary N) is 3. The summed E-state index contributed by atoms with van der Waals surface area (Å²) in [6.07, 6.45) is 1.27. The molecule has 0 fully saturated rings. The van der Waals surface area contributed by atoms with Gasteiger partial charge in [-0.2, -0.15) is 0 Å². The van der Waals surface area contributed by atoms with E-state index in [1.807, 2.05) is 45.2 Å². The molecule has 5 nitrogen and oxygen atoms in total. The van der Waals surface area contributed by atoms with Crippen molar-refractivity contribution in [1.29, 1.82) is 0 Å². The number of anilines is 1. The molecule has 0 radical (unpaired) electrons. The lowest BCUT2D eigenvalue weighted by Crippen LogP contribution is -2.26. The highest BCUT2D eigenvalue weighted by atomic mass is 16.2. The molecule has 0 aliphatic carbocycles. The van der Waals surface area contributed by atoms with E-state index in [2.05, 4.69) is 16.0 Å². The molecule has 0 bridgehead atoms. The summed E-state index contributed by atoms with van der Waals surface area (Å²) in [4.78, 5) is 23.4. The van der Waals surface area contributed by atoms with Crippen molar-refractivity contribution in [2.24, 2.45) is 5.92 Å². The molecule has 116 valence electrons. The van der Waals surface area contributed by atoms with Crippen molar-refractivity contribution in [1.82, 2.24) is 10.6 Å². The third kappa shape index (κ3) is 6.40. The highest BCUT2D eigenvalue weighted by Crippen LogP contribution is 2.13. The van der Waals surface area contributed by atoms with Crippen LogP contribution < -0.4 is 16.0 Å². The van der Waals surface area contributed by atoms with Crippen LogP contribution >= 0.6 is 0 Å². The fraction of sp³-hybridized carbons (Fsp3) is 0.500. The lowest BCUT2D eigenvalue weighted by atomic mass is 10.1. The first-order chi connectivity index (χ1) is 10.1. The van der Waals surface area contributed by atoms with Gasteiger partial charge in [-0.05, 0) is 31.2 Å². The van der Waals surface area contributed by atoms with Crippen LogP contribution in [0.1, 0.15) is 32.3 Å². The van der Waals surface area contributed by atoms with Crippen molar-refractivity contribution in [3.63, 3.8) is 0 Å². The molecule has 21 heavy (non-hydrogen) atoms. The third-order valence-corrected chi connectivity index (χ3v) is 3.35. The maximum atomic E-state index is 11.9. The van der Waals surface area contributed by atoms with Gasteiger partial charge in [0, 0.05) is 31.1 Å². The summed E-state index contributed by atoms with van der Waals surface area (Å²) in [6.45, 7) is 5.02. The molecule has 0 heterocycles. The predicted octanol–water partition coefficient (Wildman–Crippen LogP) is 1.90. The molecule has 1 aromatic carbocycles. The maximum Gasteiger partial charge on any atom is 0.227 e. The summed E-state index contributed by atoms with van der Waals surface area (Å²) in [5.41, 5.74) is 1.73. The van der Waals surface area contributed by atoms with Crippen LogP contribution in [0.3, 0.4) is 0 Å². The van der Waals surface area contributed by atoms with Gasteiger partial charge in [0.25, 0.3) is 0 Å². The fourth-order valence-corrected chi connectivity index (χ4v) is 1.74. The van der Waals surface area contributed by atoms with Crippen LogP contribution in [0.25, 0.3) is 0 Å². The van der Waals surface area contributed by atoms with Crippen molar-refractivity contribution < 1.29 is 9.59 Å². The van der Waals surface area contributed by atoms with Gasteiger partial charge >= 0.3 is 0 Å². The quantitative estimate of drug-likeness (QED) is 0.685.